The van der Waals surface area contributed by atoms with Crippen LogP contribution in [0.4, 0.5) is 0 Å². The van der Waals surface area contributed by atoms with Crippen molar-refractivity contribution < 1.29 is 9.59 Å². The van der Waals surface area contributed by atoms with Gasteiger partial charge in [0.15, 0.2) is 5.11 Å². The molecule has 24 heavy (non-hydrogen) atoms. The zero-order valence-electron chi connectivity index (χ0n) is 14.0. The van der Waals surface area contributed by atoms with E-state index in [1.165, 1.54) is 4.90 Å². The molecule has 4 nitrogen and oxygen atoms in total. The topological polar surface area (TPSA) is 49.4 Å². The maximum atomic E-state index is 12.6. The number of thioether (sulfide) groups is 1. The fraction of sp³-hybridized carbons (Fsp3) is 0.278. The minimum absolute atomic E-state index is 0.0177. The second kappa shape index (κ2) is 7.32. The summed E-state index contributed by atoms with van der Waals surface area (Å²) >= 11 is 6.74. The average Bonchev–Trinajstić information content (AvgIpc) is 2.48. The molecular formula is C18H20N2O2S2. The highest BCUT2D eigenvalue weighted by Crippen LogP contribution is 2.35. The quantitative estimate of drug-likeness (QED) is 0.294. The smallest absolute Gasteiger partial charge is 0.265 e. The van der Waals surface area contributed by atoms with Crippen LogP contribution in [0.5, 0.6) is 0 Å². The van der Waals surface area contributed by atoms with Crippen molar-refractivity contribution in [3.63, 3.8) is 0 Å². The minimum Gasteiger partial charge on any atom is -0.298 e. The summed E-state index contributed by atoms with van der Waals surface area (Å²) in [7, 11) is 0. The minimum atomic E-state index is -0.471. The van der Waals surface area contributed by atoms with E-state index in [9.17, 15) is 9.59 Å². The summed E-state index contributed by atoms with van der Waals surface area (Å²) in [5.41, 5.74) is 0.912. The Morgan fingerprint density at radius 3 is 2.58 bits per heavy atom. The molecule has 0 aliphatic carbocycles. The fourth-order valence-corrected chi connectivity index (χ4v) is 3.47. The molecule has 0 saturated carbocycles. The van der Waals surface area contributed by atoms with Crippen molar-refractivity contribution in [2.45, 2.75) is 30.4 Å². The number of benzene rings is 1. The molecule has 0 atom stereocenters. The van der Waals surface area contributed by atoms with Crippen LogP contribution in [0, 0.1) is 0 Å². The van der Waals surface area contributed by atoms with E-state index in [1.807, 2.05) is 24.3 Å². The van der Waals surface area contributed by atoms with Gasteiger partial charge in [0.1, 0.15) is 5.57 Å². The molecule has 1 N–H and O–H groups in total. The van der Waals surface area contributed by atoms with Gasteiger partial charge in [-0.25, -0.2) is 0 Å². The lowest BCUT2D eigenvalue weighted by atomic mass is 10.1. The molecule has 1 aliphatic heterocycles. The van der Waals surface area contributed by atoms with E-state index >= 15 is 0 Å². The first kappa shape index (κ1) is 18.4. The number of nitrogens with zero attached hydrogens (tertiary/aromatic N) is 1. The van der Waals surface area contributed by atoms with E-state index in [2.05, 4.69) is 32.7 Å². The van der Waals surface area contributed by atoms with Crippen LogP contribution >= 0.6 is 24.0 Å². The van der Waals surface area contributed by atoms with Crippen LogP contribution in [0.2, 0.25) is 0 Å². The van der Waals surface area contributed by atoms with Crippen molar-refractivity contribution >= 4 is 47.0 Å². The summed E-state index contributed by atoms with van der Waals surface area (Å²) in [4.78, 5) is 27.2. The maximum Gasteiger partial charge on any atom is 0.265 e. The van der Waals surface area contributed by atoms with E-state index < -0.39 is 11.8 Å². The van der Waals surface area contributed by atoms with Crippen LogP contribution in [0.15, 0.2) is 47.4 Å². The van der Waals surface area contributed by atoms with E-state index in [1.54, 1.807) is 23.9 Å². The highest BCUT2D eigenvalue weighted by molar-refractivity contribution is 8.00. The predicted molar refractivity (Wildman–Crippen MR) is 103 cm³/mol. The Labute approximate surface area is 152 Å². The standard InChI is InChI=1S/C18H20N2O2S2/c1-5-10-20-16(22)13(15(21)19-17(20)23)11-12-8-6-7-9-14(12)24-18(2,3)4/h5-9,11H,1,10H2,2-4H3,(H,19,21,23)/b13-11-. The number of hydrogen-bond acceptors (Lipinski definition) is 4. The van der Waals surface area contributed by atoms with Crippen LogP contribution < -0.4 is 5.32 Å². The first-order chi connectivity index (χ1) is 11.2. The maximum absolute atomic E-state index is 12.6. The largest absolute Gasteiger partial charge is 0.298 e. The normalized spacial score (nSPS) is 17.2. The van der Waals surface area contributed by atoms with Crippen LogP contribution in [0.1, 0.15) is 26.3 Å². The second-order valence-corrected chi connectivity index (χ2v) is 8.53. The van der Waals surface area contributed by atoms with Gasteiger partial charge in [-0.1, -0.05) is 45.0 Å². The lowest BCUT2D eigenvalue weighted by molar-refractivity contribution is -0.128. The average molecular weight is 361 g/mol. The third kappa shape index (κ3) is 4.33. The number of nitrogens with one attached hydrogen (secondary N) is 1. The van der Waals surface area contributed by atoms with Crippen LogP contribution in [0.25, 0.3) is 6.08 Å². The molecule has 1 heterocycles. The number of hydrogen-bond donors (Lipinski definition) is 1. The van der Waals surface area contributed by atoms with Crippen molar-refractivity contribution in [2.75, 3.05) is 6.54 Å². The van der Waals surface area contributed by atoms with Crippen molar-refractivity contribution in [1.82, 2.24) is 10.2 Å². The lowest BCUT2D eigenvalue weighted by Crippen LogP contribution is -2.53. The third-order valence-electron chi connectivity index (χ3n) is 3.13. The van der Waals surface area contributed by atoms with Crippen molar-refractivity contribution in [1.29, 1.82) is 0 Å². The van der Waals surface area contributed by atoms with E-state index in [0.29, 0.717) is 0 Å². The third-order valence-corrected chi connectivity index (χ3v) is 4.66. The molecule has 2 amide bonds. The van der Waals surface area contributed by atoms with Gasteiger partial charge in [-0.2, -0.15) is 0 Å². The van der Waals surface area contributed by atoms with Gasteiger partial charge in [-0.3, -0.25) is 19.8 Å². The van der Waals surface area contributed by atoms with Gasteiger partial charge in [0, 0.05) is 16.2 Å². The SMILES string of the molecule is C=CCN1C(=O)/C(=C\c2ccccc2SC(C)(C)C)C(=O)NC1=S. The van der Waals surface area contributed by atoms with Gasteiger partial charge in [-0.15, -0.1) is 18.3 Å². The monoisotopic (exact) mass is 360 g/mol. The Bertz CT molecular complexity index is 733. The summed E-state index contributed by atoms with van der Waals surface area (Å²) in [6.45, 7) is 10.2. The molecule has 126 valence electrons. The molecule has 1 aromatic carbocycles. The first-order valence-electron chi connectivity index (χ1n) is 7.51. The summed E-state index contributed by atoms with van der Waals surface area (Å²) in [5.74, 6) is -0.875. The summed E-state index contributed by atoms with van der Waals surface area (Å²) < 4.78 is 0.0177. The molecule has 1 saturated heterocycles. The Kier molecular flexibility index (Phi) is 5.62. The molecule has 0 radical (unpaired) electrons. The van der Waals surface area contributed by atoms with Gasteiger partial charge >= 0.3 is 0 Å². The molecular weight excluding hydrogens is 340 g/mol. The van der Waals surface area contributed by atoms with E-state index in [0.717, 1.165) is 10.5 Å². The van der Waals surface area contributed by atoms with E-state index in [-0.39, 0.29) is 22.0 Å². The number of carbonyl (C=O) groups is 2. The summed E-state index contributed by atoms with van der Waals surface area (Å²) in [5, 5.41) is 2.67. The molecule has 6 heteroatoms. The fourth-order valence-electron chi connectivity index (χ4n) is 2.17. The molecule has 1 aliphatic rings. The van der Waals surface area contributed by atoms with Crippen molar-refractivity contribution in [3.8, 4) is 0 Å². The van der Waals surface area contributed by atoms with Crippen LogP contribution in [-0.4, -0.2) is 33.1 Å². The Hall–Kier alpha value is -1.92. The summed E-state index contributed by atoms with van der Waals surface area (Å²) in [6.07, 6.45) is 3.20. The number of thiocarbonyl (C=S) groups is 1. The molecule has 0 spiro atoms. The zero-order valence-corrected chi connectivity index (χ0v) is 15.6. The van der Waals surface area contributed by atoms with Gasteiger partial charge in [0.25, 0.3) is 11.8 Å². The molecule has 2 rings (SSSR count). The van der Waals surface area contributed by atoms with Gasteiger partial charge in [-0.05, 0) is 29.9 Å². The number of rotatable bonds is 4. The van der Waals surface area contributed by atoms with Crippen LogP contribution in [0.3, 0.4) is 0 Å². The Morgan fingerprint density at radius 1 is 1.29 bits per heavy atom. The molecule has 0 bridgehead atoms. The van der Waals surface area contributed by atoms with Gasteiger partial charge < -0.3 is 0 Å². The number of amides is 2. The van der Waals surface area contributed by atoms with Crippen LogP contribution in [-0.2, 0) is 9.59 Å². The first-order valence-corrected chi connectivity index (χ1v) is 8.73. The molecule has 0 aromatic heterocycles. The van der Waals surface area contributed by atoms with Gasteiger partial charge in [0.05, 0.1) is 0 Å². The van der Waals surface area contributed by atoms with Crippen molar-refractivity contribution in [3.05, 3.63) is 48.1 Å². The Balaban J connectivity index is 2.43. The van der Waals surface area contributed by atoms with E-state index in [4.69, 9.17) is 12.2 Å². The van der Waals surface area contributed by atoms with Gasteiger partial charge in [0.2, 0.25) is 0 Å². The highest BCUT2D eigenvalue weighted by Gasteiger charge is 2.32. The predicted octanol–water partition coefficient (Wildman–Crippen LogP) is 3.39. The summed E-state index contributed by atoms with van der Waals surface area (Å²) in [6, 6.07) is 7.71. The zero-order chi connectivity index (χ0) is 17.9. The second-order valence-electron chi connectivity index (χ2n) is 6.27. The highest BCUT2D eigenvalue weighted by atomic mass is 32.2. The molecule has 1 aromatic rings. The lowest BCUT2D eigenvalue weighted by Gasteiger charge is -2.28. The molecule has 0 unspecified atom stereocenters. The Morgan fingerprint density at radius 2 is 1.96 bits per heavy atom. The van der Waals surface area contributed by atoms with Crippen molar-refractivity contribution in [2.24, 2.45) is 0 Å². The molecule has 1 fully saturated rings. The number of carbonyl (C=O) groups excluding carboxylic acids is 2.